The van der Waals surface area contributed by atoms with Gasteiger partial charge in [0.25, 0.3) is 21.9 Å². The number of hydrogen-bond acceptors (Lipinski definition) is 34. The summed E-state index contributed by atoms with van der Waals surface area (Å²) >= 11 is 0. The number of esters is 4. The van der Waals surface area contributed by atoms with Gasteiger partial charge >= 0.3 is 55.7 Å². The van der Waals surface area contributed by atoms with Crippen LogP contribution in [0.2, 0.25) is 0 Å². The number of imide groups is 1. The molecule has 1 aliphatic rings. The van der Waals surface area contributed by atoms with Crippen LogP contribution in [-0.2, 0) is 140 Å². The van der Waals surface area contributed by atoms with Crippen LogP contribution >= 0.6 is 7.60 Å². The SMILES string of the molecule is CCOP(=O)(CS(C)(=O)=O)OCC.COC(=O)C[C@@H](/C=C/S(C)(=O)=O)NC(=O)OC(C)(C)C.COC(=O)C[C@@H](C=O)NC(=O)OC(C)(C)C.COC(=O)C[C@H](N)/C=C/S(C)(=O)=O.COC(=O)C[C@H](NC(=O)OC(C)(C)C)C(=O)ON1C(=O)CCC1=O.Cc1ccc(S(=O)(=O)O)cc1.Cc1ccc(S(=O)(=O)[O-])cc1. The summed E-state index contributed by atoms with van der Waals surface area (Å²) in [6, 6.07) is 7.91. The van der Waals surface area contributed by atoms with Gasteiger partial charge in [0.1, 0.15) is 39.2 Å². The molecule has 6 N–H and O–H groups in total. The fourth-order valence-corrected chi connectivity index (χ4v) is 12.1. The maximum Gasteiger partial charge on any atom is 0.408 e. The molecule has 0 saturated carbocycles. The van der Waals surface area contributed by atoms with E-state index in [4.69, 9.17) is 38.4 Å². The number of amides is 5. The van der Waals surface area contributed by atoms with Gasteiger partial charge in [0, 0.05) is 48.5 Å². The number of carbonyl (C=O) groups is 11. The molecular formula is C63H101N5O34PS5-. The molecule has 5 amide bonds. The van der Waals surface area contributed by atoms with E-state index in [0.717, 1.165) is 47.8 Å². The van der Waals surface area contributed by atoms with Crippen LogP contribution in [0.25, 0.3) is 0 Å². The first-order chi connectivity index (χ1) is 48.9. The highest BCUT2D eigenvalue weighted by atomic mass is 32.2. The van der Waals surface area contributed by atoms with Crippen molar-refractivity contribution in [2.24, 2.45) is 5.73 Å². The first-order valence-corrected chi connectivity index (χ1v) is 41.9. The topological polar surface area (TPSA) is 576 Å². The summed E-state index contributed by atoms with van der Waals surface area (Å²) in [5.41, 5.74) is 4.56. The Morgan fingerprint density at radius 2 is 0.889 bits per heavy atom. The number of hydroxylamine groups is 2. The second kappa shape index (κ2) is 49.7. The molecule has 0 radical (unpaired) electrons. The number of aldehydes is 1. The quantitative estimate of drug-likeness (QED) is 0.0216. The second-order valence-electron chi connectivity index (χ2n) is 25.0. The monoisotopic (exact) mass is 1660 g/mol. The zero-order chi connectivity index (χ0) is 85.2. The normalized spacial score (nSPS) is 13.6. The molecule has 1 aliphatic heterocycles. The van der Waals surface area contributed by atoms with E-state index in [-0.39, 0.29) is 55.1 Å². The largest absolute Gasteiger partial charge is 0.744 e. The van der Waals surface area contributed by atoms with E-state index in [1.807, 2.05) is 13.8 Å². The van der Waals surface area contributed by atoms with Gasteiger partial charge in [0.2, 0.25) is 0 Å². The van der Waals surface area contributed by atoms with Gasteiger partial charge in [-0.3, -0.25) is 37.9 Å². The Balaban J connectivity index is -0.000000595. The molecule has 39 nitrogen and oxygen atoms in total. The highest BCUT2D eigenvalue weighted by Gasteiger charge is 2.37. The third-order valence-corrected chi connectivity index (χ3v) is 18.5. The van der Waals surface area contributed by atoms with E-state index in [2.05, 4.69) is 34.9 Å². The average molecular weight is 1660 g/mol. The molecule has 108 heavy (non-hydrogen) atoms. The molecule has 1 saturated heterocycles. The van der Waals surface area contributed by atoms with Gasteiger partial charge in [-0.25, -0.2) is 52.8 Å². The van der Waals surface area contributed by atoms with Crippen LogP contribution in [-0.4, -0.2) is 229 Å². The summed E-state index contributed by atoms with van der Waals surface area (Å²) < 4.78 is 180. The molecule has 1 fully saturated rings. The van der Waals surface area contributed by atoms with Crippen LogP contribution in [0.4, 0.5) is 14.4 Å². The predicted molar refractivity (Wildman–Crippen MR) is 386 cm³/mol. The zero-order valence-electron chi connectivity index (χ0n) is 63.6. The molecule has 3 rings (SSSR count). The van der Waals surface area contributed by atoms with E-state index < -0.39 is 170 Å². The first kappa shape index (κ1) is 106. The minimum atomic E-state index is -4.27. The number of sulfone groups is 3. The van der Waals surface area contributed by atoms with Gasteiger partial charge in [-0.1, -0.05) is 47.5 Å². The molecule has 2 aromatic carbocycles. The Bertz CT molecular complexity index is 3880. The van der Waals surface area contributed by atoms with E-state index in [9.17, 15) is 104 Å². The van der Waals surface area contributed by atoms with E-state index in [0.29, 0.717) is 11.3 Å². The molecular weight excluding hydrogens is 1560 g/mol. The zero-order valence-corrected chi connectivity index (χ0v) is 68.6. The van der Waals surface area contributed by atoms with Gasteiger partial charge in [0.15, 0.2) is 35.0 Å². The van der Waals surface area contributed by atoms with Gasteiger partial charge in [-0.05, 0) is 114 Å². The Kier molecular flexibility index (Phi) is 48.8. The van der Waals surface area contributed by atoms with Crippen molar-refractivity contribution >= 4 is 124 Å². The first-order valence-electron chi connectivity index (χ1n) is 31.4. The van der Waals surface area contributed by atoms with Crippen LogP contribution in [0.1, 0.15) is 126 Å². The van der Waals surface area contributed by atoms with E-state index in [1.165, 1.54) is 57.7 Å². The van der Waals surface area contributed by atoms with Crippen LogP contribution in [0.15, 0.2) is 81.3 Å². The Labute approximate surface area is 630 Å². The summed E-state index contributed by atoms with van der Waals surface area (Å²) in [7, 11) is -16.8. The standard InChI is InChI=1S/C14H20N2O8.C12H21NO6S.C10H17NO5.C7H13NO4S.2C7H8O3S.C6H15O5PS/c1-14(2,3)23-13(21)15-8(7-11(19)22-4)12(20)24-16-9(17)5-6-10(16)18;1-12(2,3)19-11(15)13-9(8-10(14)18-4)6-7-20(5,16)17;1-10(2,3)16-9(14)11-7(6-12)5-8(13)15-4;1-12-7(9)5-6(8)3-4-13(2,10)11;2*1-6-2-4-7(5-3-6)11(8,9)10;1-4-10-12(7,11-5-2)6-13(3,8)9/h8H,5-7H2,1-4H3,(H,15,21);6-7,9H,8H2,1-5H3,(H,13,15);6-7H,5H2,1-4H3,(H,11,14);3-4,6H,5,8H2,1-2H3;2*2-5H,1H3,(H,8,9,10);4-6H2,1-3H3/p-1/b;7-6+;;4-3+;;;/t8-;9-;7-;6-;;;/m0101.../s1. The summed E-state index contributed by atoms with van der Waals surface area (Å²) in [5, 5.41) is 9.02. The number of hydrogen-bond donors (Lipinski definition) is 5. The van der Waals surface area contributed by atoms with Crippen molar-refractivity contribution in [2.45, 2.75) is 179 Å². The van der Waals surface area contributed by atoms with Crippen molar-refractivity contribution in [2.75, 3.05) is 65.9 Å². The number of aryl methyl sites for hydroxylation is 2. The number of benzene rings is 2. The number of nitrogens with one attached hydrogen (secondary N) is 3. The summed E-state index contributed by atoms with van der Waals surface area (Å²) in [5.74, 6) is -4.94. The lowest BCUT2D eigenvalue weighted by atomic mass is 10.2. The maximum atomic E-state index is 12.1. The Morgan fingerprint density at radius 3 is 1.21 bits per heavy atom. The number of alkyl carbamates (subject to hydrolysis) is 3. The highest BCUT2D eigenvalue weighted by Crippen LogP contribution is 2.48. The number of nitrogens with zero attached hydrogens (tertiary/aromatic N) is 1. The van der Waals surface area contributed by atoms with Crippen molar-refractivity contribution in [1.82, 2.24) is 21.0 Å². The minimum Gasteiger partial charge on any atom is -0.744 e. The minimum absolute atomic E-state index is 0.0253. The third-order valence-electron chi connectivity index (χ3n) is 11.0. The number of carbonyl (C=O) groups excluding carboxylic acids is 11. The van der Waals surface area contributed by atoms with Gasteiger partial charge in [-0.2, -0.15) is 8.42 Å². The molecule has 0 unspecified atom stereocenters. The van der Waals surface area contributed by atoms with Gasteiger partial charge in [0.05, 0.1) is 89.2 Å². The molecule has 4 atom stereocenters. The average Bonchev–Trinajstić information content (AvgIpc) is 1.43. The summed E-state index contributed by atoms with van der Waals surface area (Å²) in [6.07, 6.45) is 2.39. The molecule has 618 valence electrons. The number of nitrogens with two attached hydrogens (primary N) is 1. The Morgan fingerprint density at radius 1 is 0.556 bits per heavy atom. The lowest BCUT2D eigenvalue weighted by Crippen LogP contribution is -2.47. The van der Waals surface area contributed by atoms with Crippen LogP contribution in [0.3, 0.4) is 0 Å². The lowest BCUT2D eigenvalue weighted by molar-refractivity contribution is -0.199. The van der Waals surface area contributed by atoms with Crippen molar-refractivity contribution in [3.8, 4) is 0 Å². The lowest BCUT2D eigenvalue weighted by Gasteiger charge is -2.23. The number of ether oxygens (including phenoxy) is 7. The number of methoxy groups -OCH3 is 4. The Hall–Kier alpha value is -8.33. The van der Waals surface area contributed by atoms with Crippen LogP contribution in [0.5, 0.6) is 0 Å². The van der Waals surface area contributed by atoms with Crippen LogP contribution in [0, 0.1) is 13.8 Å². The maximum absolute atomic E-state index is 12.1. The highest BCUT2D eigenvalue weighted by molar-refractivity contribution is 7.97. The molecule has 2 aromatic rings. The molecule has 0 bridgehead atoms. The molecule has 0 aliphatic carbocycles. The fraction of sp³-hybridized carbons (Fsp3) is 0.571. The predicted octanol–water partition coefficient (Wildman–Crippen LogP) is 4.52. The summed E-state index contributed by atoms with van der Waals surface area (Å²) in [4.78, 5) is 129. The third kappa shape index (κ3) is 59.7. The van der Waals surface area contributed by atoms with Crippen LogP contribution < -0.4 is 21.7 Å². The summed E-state index contributed by atoms with van der Waals surface area (Å²) in [6.45, 7) is 22.3. The van der Waals surface area contributed by atoms with Gasteiger partial charge in [-0.15, -0.1) is 5.06 Å². The smallest absolute Gasteiger partial charge is 0.408 e. The van der Waals surface area contributed by atoms with Gasteiger partial charge < -0.3 is 78.1 Å². The molecule has 0 spiro atoms. The van der Waals surface area contributed by atoms with Crippen molar-refractivity contribution in [1.29, 1.82) is 0 Å². The second-order valence-corrected chi connectivity index (χ2v) is 36.3. The molecule has 0 aromatic heterocycles. The van der Waals surface area contributed by atoms with E-state index in [1.54, 1.807) is 100 Å². The fourth-order valence-electron chi connectivity index (χ4n) is 6.48. The van der Waals surface area contributed by atoms with Crippen molar-refractivity contribution in [3.63, 3.8) is 0 Å². The van der Waals surface area contributed by atoms with Crippen molar-refractivity contribution in [3.05, 3.63) is 82.6 Å². The molecule has 45 heteroatoms. The number of rotatable bonds is 26. The molecule has 1 heterocycles. The van der Waals surface area contributed by atoms with Crippen molar-refractivity contribution < 1.29 is 156 Å². The van der Waals surface area contributed by atoms with E-state index >= 15 is 0 Å².